The first-order valence-electron chi connectivity index (χ1n) is 4.25. The van der Waals surface area contributed by atoms with Crippen molar-refractivity contribution in [2.75, 3.05) is 14.2 Å². The van der Waals surface area contributed by atoms with Gasteiger partial charge in [-0.1, -0.05) is 0 Å². The van der Waals surface area contributed by atoms with E-state index in [9.17, 15) is 9.18 Å². The van der Waals surface area contributed by atoms with E-state index in [2.05, 4.69) is 0 Å². The number of allylic oxidation sites excluding steroid dienone is 1. The van der Waals surface area contributed by atoms with Gasteiger partial charge in [-0.25, -0.2) is 4.39 Å². The van der Waals surface area contributed by atoms with Crippen molar-refractivity contribution in [1.82, 2.24) is 0 Å². The smallest absolute Gasteiger partial charge is 0.178 e. The fourth-order valence-electron chi connectivity index (χ4n) is 1.11. The van der Waals surface area contributed by atoms with Crippen LogP contribution in [-0.2, 0) is 4.79 Å². The molecule has 0 bridgehead atoms. The Balaban J connectivity index is 3.12. The summed E-state index contributed by atoms with van der Waals surface area (Å²) in [6.45, 7) is 0. The first-order chi connectivity index (χ1) is 7.19. The molecule has 0 saturated carbocycles. The number of ether oxygens (including phenoxy) is 2. The Kier molecular flexibility index (Phi) is 3.85. The zero-order valence-corrected chi connectivity index (χ0v) is 8.49. The normalized spacial score (nSPS) is 11.0. The second kappa shape index (κ2) is 5.14. The molecule has 0 saturated heterocycles. The summed E-state index contributed by atoms with van der Waals surface area (Å²) in [5.74, 6) is 0.240. The largest absolute Gasteiger partial charge is 0.497 e. The molecule has 1 aromatic carbocycles. The Hall–Kier alpha value is -1.84. The maximum Gasteiger partial charge on any atom is 0.178 e. The Morgan fingerprint density at radius 3 is 2.13 bits per heavy atom. The van der Waals surface area contributed by atoms with E-state index in [1.807, 2.05) is 0 Å². The van der Waals surface area contributed by atoms with Crippen molar-refractivity contribution >= 4 is 12.4 Å². The zero-order valence-electron chi connectivity index (χ0n) is 8.49. The molecule has 0 radical (unpaired) electrons. The molecule has 0 aliphatic carbocycles. The monoisotopic (exact) mass is 210 g/mol. The quantitative estimate of drug-likeness (QED) is 0.564. The van der Waals surface area contributed by atoms with Crippen molar-refractivity contribution in [3.8, 4) is 11.5 Å². The molecule has 0 atom stereocenters. The number of rotatable bonds is 4. The van der Waals surface area contributed by atoms with Gasteiger partial charge in [-0.3, -0.25) is 4.79 Å². The summed E-state index contributed by atoms with van der Waals surface area (Å²) in [4.78, 5) is 10.1. The summed E-state index contributed by atoms with van der Waals surface area (Å²) in [5, 5.41) is 0. The highest BCUT2D eigenvalue weighted by atomic mass is 19.1. The average Bonchev–Trinajstić information content (AvgIpc) is 2.28. The van der Waals surface area contributed by atoms with E-state index in [1.54, 1.807) is 18.2 Å². The molecule has 80 valence electrons. The summed E-state index contributed by atoms with van der Waals surface area (Å²) < 4.78 is 22.7. The van der Waals surface area contributed by atoms with Crippen molar-refractivity contribution < 1.29 is 18.7 Å². The molecular formula is C11H11FO3. The van der Waals surface area contributed by atoms with Crippen LogP contribution in [0, 0.1) is 0 Å². The van der Waals surface area contributed by atoms with Crippen LogP contribution in [-0.4, -0.2) is 20.5 Å². The summed E-state index contributed by atoms with van der Waals surface area (Å²) in [6.07, 6.45) is 1.25. The number of hydrogen-bond donors (Lipinski definition) is 0. The third kappa shape index (κ3) is 3.09. The van der Waals surface area contributed by atoms with E-state index in [0.717, 1.165) is 6.08 Å². The van der Waals surface area contributed by atoms with Gasteiger partial charge in [0.15, 0.2) is 12.1 Å². The Morgan fingerprint density at radius 2 is 1.73 bits per heavy atom. The van der Waals surface area contributed by atoms with E-state index in [0.29, 0.717) is 17.1 Å². The number of carbonyl (C=O) groups is 1. The summed E-state index contributed by atoms with van der Waals surface area (Å²) in [7, 11) is 3.00. The van der Waals surface area contributed by atoms with Crippen molar-refractivity contribution in [1.29, 1.82) is 0 Å². The Morgan fingerprint density at radius 1 is 1.20 bits per heavy atom. The molecule has 3 nitrogen and oxygen atoms in total. The number of methoxy groups -OCH3 is 2. The van der Waals surface area contributed by atoms with E-state index >= 15 is 0 Å². The molecule has 0 fully saturated rings. The van der Waals surface area contributed by atoms with E-state index < -0.39 is 5.83 Å². The average molecular weight is 210 g/mol. The highest BCUT2D eigenvalue weighted by molar-refractivity contribution is 5.79. The van der Waals surface area contributed by atoms with Gasteiger partial charge >= 0.3 is 0 Å². The summed E-state index contributed by atoms with van der Waals surface area (Å²) in [6, 6.07) is 4.87. The van der Waals surface area contributed by atoms with Gasteiger partial charge in [0.05, 0.1) is 14.2 Å². The topological polar surface area (TPSA) is 35.5 Å². The third-order valence-corrected chi connectivity index (χ3v) is 1.79. The predicted molar refractivity (Wildman–Crippen MR) is 54.7 cm³/mol. The van der Waals surface area contributed by atoms with Gasteiger partial charge in [-0.2, -0.15) is 0 Å². The predicted octanol–water partition coefficient (Wildman–Crippen LogP) is 2.21. The molecule has 1 rings (SSSR count). The van der Waals surface area contributed by atoms with Crippen LogP contribution in [0.15, 0.2) is 24.0 Å². The van der Waals surface area contributed by atoms with Crippen LogP contribution in [0.5, 0.6) is 11.5 Å². The molecule has 0 heterocycles. The lowest BCUT2D eigenvalue weighted by atomic mass is 10.2. The van der Waals surface area contributed by atoms with Crippen LogP contribution in [0.2, 0.25) is 0 Å². The number of hydrogen-bond acceptors (Lipinski definition) is 3. The lowest BCUT2D eigenvalue weighted by molar-refractivity contribution is -0.106. The fourth-order valence-corrected chi connectivity index (χ4v) is 1.11. The van der Waals surface area contributed by atoms with Crippen molar-refractivity contribution in [3.63, 3.8) is 0 Å². The second-order valence-electron chi connectivity index (χ2n) is 2.79. The Bertz CT molecular complexity index is 363. The van der Waals surface area contributed by atoms with Gasteiger partial charge in [0, 0.05) is 6.07 Å². The van der Waals surface area contributed by atoms with Gasteiger partial charge in [-0.05, 0) is 23.8 Å². The number of halogens is 1. The minimum Gasteiger partial charge on any atom is -0.497 e. The van der Waals surface area contributed by atoms with Crippen molar-refractivity contribution in [3.05, 3.63) is 29.6 Å². The van der Waals surface area contributed by atoms with Crippen LogP contribution in [0.4, 0.5) is 4.39 Å². The van der Waals surface area contributed by atoms with Gasteiger partial charge in [0.2, 0.25) is 0 Å². The molecule has 4 heteroatoms. The van der Waals surface area contributed by atoms with Gasteiger partial charge in [0.25, 0.3) is 0 Å². The molecule has 0 aliphatic rings. The third-order valence-electron chi connectivity index (χ3n) is 1.79. The van der Waals surface area contributed by atoms with Gasteiger partial charge in [0.1, 0.15) is 11.5 Å². The lowest BCUT2D eigenvalue weighted by Crippen LogP contribution is -1.88. The maximum absolute atomic E-state index is 12.7. The molecule has 0 aliphatic heterocycles. The first-order valence-corrected chi connectivity index (χ1v) is 4.25. The van der Waals surface area contributed by atoms with Crippen LogP contribution in [0.25, 0.3) is 6.08 Å². The molecule has 0 spiro atoms. The highest BCUT2D eigenvalue weighted by Crippen LogP contribution is 2.23. The van der Waals surface area contributed by atoms with Gasteiger partial charge in [-0.15, -0.1) is 0 Å². The second-order valence-corrected chi connectivity index (χ2v) is 2.79. The molecular weight excluding hydrogens is 199 g/mol. The minimum absolute atomic E-state index is 0.145. The molecule has 0 amide bonds. The van der Waals surface area contributed by atoms with Crippen LogP contribution < -0.4 is 9.47 Å². The van der Waals surface area contributed by atoms with E-state index in [1.165, 1.54) is 14.2 Å². The standard InChI is InChI=1S/C11H11FO3/c1-14-10-4-8(3-9(12)7-13)5-11(6-10)15-2/h3-7H,1-2H3/b9-3-. The zero-order chi connectivity index (χ0) is 11.3. The number of benzene rings is 1. The van der Waals surface area contributed by atoms with Crippen molar-refractivity contribution in [2.24, 2.45) is 0 Å². The number of aldehydes is 1. The first kappa shape index (κ1) is 11.2. The molecule has 0 N–H and O–H groups in total. The van der Waals surface area contributed by atoms with Crippen molar-refractivity contribution in [2.45, 2.75) is 0 Å². The van der Waals surface area contributed by atoms with Gasteiger partial charge < -0.3 is 9.47 Å². The van der Waals surface area contributed by atoms with E-state index in [-0.39, 0.29) is 6.29 Å². The maximum atomic E-state index is 12.7. The van der Waals surface area contributed by atoms with Crippen LogP contribution in [0.3, 0.4) is 0 Å². The molecule has 0 unspecified atom stereocenters. The summed E-state index contributed by atoms with van der Waals surface area (Å²) in [5.41, 5.74) is 0.510. The summed E-state index contributed by atoms with van der Waals surface area (Å²) >= 11 is 0. The lowest BCUT2D eigenvalue weighted by Gasteiger charge is -2.05. The van der Waals surface area contributed by atoms with E-state index in [4.69, 9.17) is 9.47 Å². The fraction of sp³-hybridized carbons (Fsp3) is 0.182. The minimum atomic E-state index is -0.842. The number of carbonyl (C=O) groups excluding carboxylic acids is 1. The Labute approximate surface area is 87.1 Å². The van der Waals surface area contributed by atoms with Crippen LogP contribution in [0.1, 0.15) is 5.56 Å². The SMILES string of the molecule is COc1cc(/C=C(\F)C=O)cc(OC)c1. The highest BCUT2D eigenvalue weighted by Gasteiger charge is 2.01. The molecule has 0 aromatic heterocycles. The molecule has 15 heavy (non-hydrogen) atoms. The molecule has 1 aromatic rings. The van der Waals surface area contributed by atoms with Crippen LogP contribution >= 0.6 is 0 Å².